The van der Waals surface area contributed by atoms with Gasteiger partial charge in [0.2, 0.25) is 11.8 Å². The number of benzene rings is 1. The minimum Gasteiger partial charge on any atom is -0.444 e. The number of carbonyl (C=O) groups is 1. The van der Waals surface area contributed by atoms with E-state index >= 15 is 0 Å². The monoisotopic (exact) mass is 353 g/mol. The maximum atomic E-state index is 11.6. The fraction of sp³-hybridized carbons (Fsp3) is 0.412. The van der Waals surface area contributed by atoms with Crippen molar-refractivity contribution in [3.8, 4) is 11.5 Å². The summed E-state index contributed by atoms with van der Waals surface area (Å²) in [6.07, 6.45) is 2.28. The van der Waals surface area contributed by atoms with Gasteiger partial charge in [-0.1, -0.05) is 17.7 Å². The number of aryl methyl sites for hydroxylation is 1. The number of hydrogen-bond donors (Lipinski definition) is 2. The molecule has 1 aromatic carbocycles. The molecule has 0 unspecified atom stereocenters. The topological polar surface area (TPSA) is 76.4 Å². The van der Waals surface area contributed by atoms with Gasteiger partial charge in [0.05, 0.1) is 18.8 Å². The Kier molecular flexibility index (Phi) is 9.07. The fourth-order valence-corrected chi connectivity index (χ4v) is 2.02. The molecule has 0 spiro atoms. The largest absolute Gasteiger partial charge is 0.444 e. The van der Waals surface area contributed by atoms with Crippen LogP contribution in [0.3, 0.4) is 0 Å². The molecule has 132 valence electrons. The number of rotatable bonds is 9. The first-order valence-electron chi connectivity index (χ1n) is 7.67. The molecule has 1 heterocycles. The van der Waals surface area contributed by atoms with Crippen molar-refractivity contribution in [2.24, 2.45) is 0 Å². The first-order chi connectivity index (χ1) is 11.2. The normalized spacial score (nSPS) is 10.2. The average Bonchev–Trinajstić information content (AvgIpc) is 3.01. The molecule has 0 aliphatic rings. The maximum absolute atomic E-state index is 11.6. The van der Waals surface area contributed by atoms with E-state index in [0.717, 1.165) is 11.3 Å². The quantitative estimate of drug-likeness (QED) is 0.674. The van der Waals surface area contributed by atoms with Gasteiger partial charge in [0.25, 0.3) is 0 Å². The highest BCUT2D eigenvalue weighted by Gasteiger charge is 2.07. The lowest BCUT2D eigenvalue weighted by molar-refractivity contribution is -0.120. The van der Waals surface area contributed by atoms with Crippen LogP contribution in [0, 0.1) is 6.92 Å². The molecule has 0 aliphatic carbocycles. The Bertz CT molecular complexity index is 614. The predicted molar refractivity (Wildman–Crippen MR) is 95.4 cm³/mol. The molecule has 2 rings (SSSR count). The van der Waals surface area contributed by atoms with Crippen LogP contribution < -0.4 is 10.6 Å². The van der Waals surface area contributed by atoms with Crippen LogP contribution in [0.25, 0.3) is 11.5 Å². The highest BCUT2D eigenvalue weighted by Crippen LogP contribution is 2.19. The standard InChI is InChI=1S/C17H23N3O3.ClH/c1-13-3-5-14(6-4-13)17-20-15(12-23-17)7-8-19-16(21)11-18-9-10-22-2;/h3-6,12,18H,7-11H2,1-2H3,(H,19,21);1H. The summed E-state index contributed by atoms with van der Waals surface area (Å²) in [6, 6.07) is 8.02. The summed E-state index contributed by atoms with van der Waals surface area (Å²) in [4.78, 5) is 16.0. The van der Waals surface area contributed by atoms with E-state index in [9.17, 15) is 4.79 Å². The number of aromatic nitrogens is 1. The molecule has 2 aromatic rings. The van der Waals surface area contributed by atoms with Crippen LogP contribution in [0.4, 0.5) is 0 Å². The lowest BCUT2D eigenvalue weighted by atomic mass is 10.1. The number of nitrogens with one attached hydrogen (secondary N) is 2. The van der Waals surface area contributed by atoms with E-state index in [1.807, 2.05) is 31.2 Å². The Morgan fingerprint density at radius 1 is 1.25 bits per heavy atom. The molecule has 7 heteroatoms. The molecule has 24 heavy (non-hydrogen) atoms. The number of hydrogen-bond acceptors (Lipinski definition) is 5. The van der Waals surface area contributed by atoms with Gasteiger partial charge in [0.15, 0.2) is 0 Å². The van der Waals surface area contributed by atoms with Crippen LogP contribution in [-0.2, 0) is 16.0 Å². The minimum atomic E-state index is -0.0386. The Morgan fingerprint density at radius 2 is 2.00 bits per heavy atom. The highest BCUT2D eigenvalue weighted by atomic mass is 35.5. The summed E-state index contributed by atoms with van der Waals surface area (Å²) in [5.41, 5.74) is 2.98. The van der Waals surface area contributed by atoms with Crippen molar-refractivity contribution < 1.29 is 13.9 Å². The van der Waals surface area contributed by atoms with Crippen molar-refractivity contribution >= 4 is 18.3 Å². The molecule has 0 bridgehead atoms. The smallest absolute Gasteiger partial charge is 0.233 e. The van der Waals surface area contributed by atoms with Gasteiger partial charge in [0.1, 0.15) is 6.26 Å². The van der Waals surface area contributed by atoms with Crippen molar-refractivity contribution in [3.63, 3.8) is 0 Å². The molecule has 0 saturated heterocycles. The molecular formula is C17H24ClN3O3. The highest BCUT2D eigenvalue weighted by molar-refractivity contribution is 5.85. The van der Waals surface area contributed by atoms with Crippen molar-refractivity contribution in [2.75, 3.05) is 33.4 Å². The summed E-state index contributed by atoms with van der Waals surface area (Å²) in [5.74, 6) is 0.566. The van der Waals surface area contributed by atoms with Crippen LogP contribution in [-0.4, -0.2) is 44.2 Å². The number of oxazole rings is 1. The number of ether oxygens (including phenoxy) is 1. The zero-order chi connectivity index (χ0) is 16.5. The van der Waals surface area contributed by atoms with Gasteiger partial charge < -0.3 is 19.8 Å². The number of halogens is 1. The third kappa shape index (κ3) is 6.70. The molecule has 0 aliphatic heterocycles. The second-order valence-corrected chi connectivity index (χ2v) is 5.28. The molecule has 0 fully saturated rings. The van der Waals surface area contributed by atoms with E-state index in [-0.39, 0.29) is 24.9 Å². The van der Waals surface area contributed by atoms with Gasteiger partial charge in [-0.25, -0.2) is 4.98 Å². The second kappa shape index (κ2) is 10.8. The van der Waals surface area contributed by atoms with Gasteiger partial charge in [-0.3, -0.25) is 4.79 Å². The third-order valence-corrected chi connectivity index (χ3v) is 3.32. The molecular weight excluding hydrogens is 330 g/mol. The molecule has 1 amide bonds. The van der Waals surface area contributed by atoms with Crippen LogP contribution in [0.5, 0.6) is 0 Å². The van der Waals surface area contributed by atoms with Gasteiger partial charge in [-0.05, 0) is 19.1 Å². The summed E-state index contributed by atoms with van der Waals surface area (Å²) >= 11 is 0. The molecule has 6 nitrogen and oxygen atoms in total. The van der Waals surface area contributed by atoms with Crippen molar-refractivity contribution in [2.45, 2.75) is 13.3 Å². The first-order valence-corrected chi connectivity index (χ1v) is 7.67. The van der Waals surface area contributed by atoms with Gasteiger partial charge in [-0.15, -0.1) is 12.4 Å². The van der Waals surface area contributed by atoms with E-state index in [4.69, 9.17) is 9.15 Å². The summed E-state index contributed by atoms with van der Waals surface area (Å²) in [5, 5.41) is 5.83. The zero-order valence-electron chi connectivity index (χ0n) is 14.0. The first kappa shape index (κ1) is 20.2. The Hall–Kier alpha value is -1.89. The number of carbonyl (C=O) groups excluding carboxylic acids is 1. The summed E-state index contributed by atoms with van der Waals surface area (Å²) in [7, 11) is 1.63. The number of amides is 1. The molecule has 0 atom stereocenters. The van der Waals surface area contributed by atoms with Crippen LogP contribution >= 0.6 is 12.4 Å². The SMILES string of the molecule is COCCNCC(=O)NCCc1coc(-c2ccc(C)cc2)n1.Cl. The average molecular weight is 354 g/mol. The Morgan fingerprint density at radius 3 is 2.71 bits per heavy atom. The van der Waals surface area contributed by atoms with Crippen molar-refractivity contribution in [1.82, 2.24) is 15.6 Å². The van der Waals surface area contributed by atoms with Gasteiger partial charge >= 0.3 is 0 Å². The summed E-state index contributed by atoms with van der Waals surface area (Å²) in [6.45, 7) is 4.11. The lowest BCUT2D eigenvalue weighted by Gasteiger charge is -2.05. The molecule has 1 aromatic heterocycles. The van der Waals surface area contributed by atoms with Crippen LogP contribution in [0.2, 0.25) is 0 Å². The number of methoxy groups -OCH3 is 1. The van der Waals surface area contributed by atoms with E-state index < -0.39 is 0 Å². The van der Waals surface area contributed by atoms with Gasteiger partial charge in [0, 0.05) is 32.2 Å². The number of nitrogens with zero attached hydrogens (tertiary/aromatic N) is 1. The van der Waals surface area contributed by atoms with Gasteiger partial charge in [-0.2, -0.15) is 0 Å². The van der Waals surface area contributed by atoms with E-state index in [1.165, 1.54) is 5.56 Å². The van der Waals surface area contributed by atoms with Crippen LogP contribution in [0.1, 0.15) is 11.3 Å². The summed E-state index contributed by atoms with van der Waals surface area (Å²) < 4.78 is 10.4. The Labute approximate surface area is 148 Å². The Balaban J connectivity index is 0.00000288. The van der Waals surface area contributed by atoms with Crippen LogP contribution in [0.15, 0.2) is 34.9 Å². The van der Waals surface area contributed by atoms with E-state index in [1.54, 1.807) is 13.4 Å². The maximum Gasteiger partial charge on any atom is 0.233 e. The lowest BCUT2D eigenvalue weighted by Crippen LogP contribution is -2.36. The third-order valence-electron chi connectivity index (χ3n) is 3.32. The fourth-order valence-electron chi connectivity index (χ4n) is 2.02. The zero-order valence-corrected chi connectivity index (χ0v) is 14.8. The molecule has 2 N–H and O–H groups in total. The van der Waals surface area contributed by atoms with E-state index in [2.05, 4.69) is 15.6 Å². The molecule has 0 radical (unpaired) electrons. The van der Waals surface area contributed by atoms with Crippen molar-refractivity contribution in [1.29, 1.82) is 0 Å². The van der Waals surface area contributed by atoms with E-state index in [0.29, 0.717) is 32.0 Å². The molecule has 0 saturated carbocycles. The second-order valence-electron chi connectivity index (χ2n) is 5.28. The van der Waals surface area contributed by atoms with Crippen molar-refractivity contribution in [3.05, 3.63) is 41.8 Å². The minimum absolute atomic E-state index is 0. The predicted octanol–water partition coefficient (Wildman–Crippen LogP) is 1.97.